The maximum atomic E-state index is 6.54. The van der Waals surface area contributed by atoms with E-state index in [-0.39, 0.29) is 6.04 Å². The van der Waals surface area contributed by atoms with Gasteiger partial charge < -0.3 is 5.73 Å². The Morgan fingerprint density at radius 2 is 1.85 bits per heavy atom. The standard InChI is InChI=1S/C19H23N/c1-2-5-14-8-10-16(11-9-14)19(20)18-13-12-15-6-3-4-7-17(15)18/h3-4,6-11,18-19H,2,5,12-13,20H2,1H3. The van der Waals surface area contributed by atoms with Crippen LogP contribution in [-0.4, -0.2) is 0 Å². The van der Waals surface area contributed by atoms with Crippen molar-refractivity contribution in [3.05, 3.63) is 70.8 Å². The largest absolute Gasteiger partial charge is 0.323 e. The molecule has 1 nitrogen and oxygen atoms in total. The van der Waals surface area contributed by atoms with Gasteiger partial charge in [-0.1, -0.05) is 61.9 Å². The fourth-order valence-electron chi connectivity index (χ4n) is 3.39. The van der Waals surface area contributed by atoms with Crippen molar-refractivity contribution in [3.8, 4) is 0 Å². The van der Waals surface area contributed by atoms with Crippen molar-refractivity contribution >= 4 is 0 Å². The summed E-state index contributed by atoms with van der Waals surface area (Å²) in [6.07, 6.45) is 4.70. The topological polar surface area (TPSA) is 26.0 Å². The highest BCUT2D eigenvalue weighted by molar-refractivity contribution is 5.38. The molecule has 1 heteroatoms. The van der Waals surface area contributed by atoms with Crippen LogP contribution < -0.4 is 5.73 Å². The first-order valence-corrected chi connectivity index (χ1v) is 7.72. The monoisotopic (exact) mass is 265 g/mol. The number of hydrogen-bond acceptors (Lipinski definition) is 1. The molecule has 0 spiro atoms. The molecule has 1 aliphatic rings. The quantitative estimate of drug-likeness (QED) is 0.873. The SMILES string of the molecule is CCCc1ccc(C(N)C2CCc3ccccc32)cc1. The van der Waals surface area contributed by atoms with Gasteiger partial charge in [-0.05, 0) is 41.5 Å². The van der Waals surface area contributed by atoms with E-state index in [1.165, 1.54) is 41.5 Å². The Hall–Kier alpha value is -1.60. The lowest BCUT2D eigenvalue weighted by molar-refractivity contribution is 0.550. The predicted molar refractivity (Wildman–Crippen MR) is 84.9 cm³/mol. The van der Waals surface area contributed by atoms with Crippen LogP contribution in [0.1, 0.15) is 54.0 Å². The number of rotatable bonds is 4. The molecule has 2 N–H and O–H groups in total. The minimum atomic E-state index is 0.120. The third kappa shape index (κ3) is 2.51. The fraction of sp³-hybridized carbons (Fsp3) is 0.368. The molecule has 2 aromatic carbocycles. The first kappa shape index (κ1) is 13.4. The fourth-order valence-corrected chi connectivity index (χ4v) is 3.39. The molecule has 0 heterocycles. The van der Waals surface area contributed by atoms with E-state index >= 15 is 0 Å². The van der Waals surface area contributed by atoms with Crippen molar-refractivity contribution in [1.82, 2.24) is 0 Å². The summed E-state index contributed by atoms with van der Waals surface area (Å²) in [7, 11) is 0. The Kier molecular flexibility index (Phi) is 3.88. The molecule has 2 unspecified atom stereocenters. The summed E-state index contributed by atoms with van der Waals surface area (Å²) in [6.45, 7) is 2.22. The van der Waals surface area contributed by atoms with Crippen molar-refractivity contribution in [2.75, 3.05) is 0 Å². The molecule has 0 bridgehead atoms. The zero-order valence-corrected chi connectivity index (χ0v) is 12.2. The zero-order chi connectivity index (χ0) is 13.9. The van der Waals surface area contributed by atoms with Crippen molar-refractivity contribution in [1.29, 1.82) is 0 Å². The molecule has 20 heavy (non-hydrogen) atoms. The minimum Gasteiger partial charge on any atom is -0.323 e. The maximum absolute atomic E-state index is 6.54. The molecular weight excluding hydrogens is 242 g/mol. The molecule has 0 fully saturated rings. The van der Waals surface area contributed by atoms with Crippen LogP contribution in [0.25, 0.3) is 0 Å². The van der Waals surface area contributed by atoms with Crippen molar-refractivity contribution < 1.29 is 0 Å². The Labute approximate surface area is 121 Å². The summed E-state index contributed by atoms with van der Waals surface area (Å²) in [5.41, 5.74) is 12.2. The molecule has 0 saturated heterocycles. The predicted octanol–water partition coefficient (Wildman–Crippen LogP) is 4.37. The second-order valence-electron chi connectivity index (χ2n) is 5.86. The lowest BCUT2D eigenvalue weighted by Crippen LogP contribution is -2.18. The van der Waals surface area contributed by atoms with Gasteiger partial charge in [0.25, 0.3) is 0 Å². The third-order valence-corrected chi connectivity index (χ3v) is 4.52. The van der Waals surface area contributed by atoms with E-state index in [0.717, 1.165) is 6.42 Å². The van der Waals surface area contributed by atoms with E-state index in [2.05, 4.69) is 55.5 Å². The highest BCUT2D eigenvalue weighted by Gasteiger charge is 2.28. The van der Waals surface area contributed by atoms with Gasteiger partial charge >= 0.3 is 0 Å². The Morgan fingerprint density at radius 1 is 1.10 bits per heavy atom. The van der Waals surface area contributed by atoms with E-state index in [1.807, 2.05) is 0 Å². The minimum absolute atomic E-state index is 0.120. The van der Waals surface area contributed by atoms with Gasteiger partial charge in [0, 0.05) is 12.0 Å². The second-order valence-corrected chi connectivity index (χ2v) is 5.86. The molecule has 2 atom stereocenters. The number of hydrogen-bond donors (Lipinski definition) is 1. The van der Waals surface area contributed by atoms with Gasteiger partial charge in [-0.15, -0.1) is 0 Å². The molecule has 104 valence electrons. The number of fused-ring (bicyclic) bond motifs is 1. The Morgan fingerprint density at radius 3 is 2.60 bits per heavy atom. The summed E-state index contributed by atoms with van der Waals surface area (Å²) < 4.78 is 0. The molecule has 3 rings (SSSR count). The van der Waals surface area contributed by atoms with Crippen LogP contribution in [0.3, 0.4) is 0 Å². The van der Waals surface area contributed by atoms with E-state index < -0.39 is 0 Å². The summed E-state index contributed by atoms with van der Waals surface area (Å²) in [5.74, 6) is 0.475. The van der Waals surface area contributed by atoms with Gasteiger partial charge in [0.1, 0.15) is 0 Å². The summed E-state index contributed by atoms with van der Waals surface area (Å²) >= 11 is 0. The Bertz CT molecular complexity index is 571. The average molecular weight is 265 g/mol. The van der Waals surface area contributed by atoms with E-state index in [4.69, 9.17) is 5.73 Å². The van der Waals surface area contributed by atoms with Gasteiger partial charge in [0.2, 0.25) is 0 Å². The first-order chi connectivity index (χ1) is 9.79. The highest BCUT2D eigenvalue weighted by atomic mass is 14.7. The molecule has 0 saturated carbocycles. The third-order valence-electron chi connectivity index (χ3n) is 4.52. The summed E-state index contributed by atoms with van der Waals surface area (Å²) in [5, 5.41) is 0. The van der Waals surface area contributed by atoms with Crippen LogP contribution in [0.15, 0.2) is 48.5 Å². The molecule has 1 aliphatic carbocycles. The number of aryl methyl sites for hydroxylation is 2. The van der Waals surface area contributed by atoms with Crippen LogP contribution in [0.2, 0.25) is 0 Å². The molecule has 0 radical (unpaired) electrons. The van der Waals surface area contributed by atoms with Gasteiger partial charge in [0.15, 0.2) is 0 Å². The number of nitrogens with two attached hydrogens (primary N) is 1. The number of benzene rings is 2. The van der Waals surface area contributed by atoms with E-state index in [0.29, 0.717) is 5.92 Å². The zero-order valence-electron chi connectivity index (χ0n) is 12.2. The van der Waals surface area contributed by atoms with Crippen molar-refractivity contribution in [3.63, 3.8) is 0 Å². The molecule has 0 amide bonds. The normalized spacial score (nSPS) is 18.8. The van der Waals surface area contributed by atoms with Gasteiger partial charge in [-0.25, -0.2) is 0 Å². The van der Waals surface area contributed by atoms with Gasteiger partial charge in [-0.3, -0.25) is 0 Å². The van der Waals surface area contributed by atoms with Gasteiger partial charge in [-0.2, -0.15) is 0 Å². The summed E-state index contributed by atoms with van der Waals surface area (Å²) in [4.78, 5) is 0. The van der Waals surface area contributed by atoms with Gasteiger partial charge in [0.05, 0.1) is 0 Å². The molecule has 0 aromatic heterocycles. The van der Waals surface area contributed by atoms with Crippen molar-refractivity contribution in [2.45, 2.75) is 44.6 Å². The first-order valence-electron chi connectivity index (χ1n) is 7.72. The lowest BCUT2D eigenvalue weighted by atomic mass is 9.88. The second kappa shape index (κ2) is 5.80. The van der Waals surface area contributed by atoms with E-state index in [9.17, 15) is 0 Å². The van der Waals surface area contributed by atoms with Crippen LogP contribution in [0.5, 0.6) is 0 Å². The van der Waals surface area contributed by atoms with Crippen LogP contribution >= 0.6 is 0 Å². The maximum Gasteiger partial charge on any atom is 0.0364 e. The van der Waals surface area contributed by atoms with E-state index in [1.54, 1.807) is 0 Å². The lowest BCUT2D eigenvalue weighted by Gasteiger charge is -2.21. The molecule has 0 aliphatic heterocycles. The van der Waals surface area contributed by atoms with Crippen LogP contribution in [0.4, 0.5) is 0 Å². The Balaban J connectivity index is 1.81. The average Bonchev–Trinajstić information content (AvgIpc) is 2.92. The highest BCUT2D eigenvalue weighted by Crippen LogP contribution is 2.40. The van der Waals surface area contributed by atoms with Crippen LogP contribution in [-0.2, 0) is 12.8 Å². The van der Waals surface area contributed by atoms with Crippen LogP contribution in [0, 0.1) is 0 Å². The smallest absolute Gasteiger partial charge is 0.0364 e. The molecular formula is C19H23N. The van der Waals surface area contributed by atoms with Crippen molar-refractivity contribution in [2.24, 2.45) is 5.73 Å². The summed E-state index contributed by atoms with van der Waals surface area (Å²) in [6, 6.07) is 17.8. The molecule has 2 aromatic rings.